The Hall–Kier alpha value is -0.590. The van der Waals surface area contributed by atoms with E-state index in [0.29, 0.717) is 6.54 Å². The molecule has 0 aliphatic carbocycles. The Kier molecular flexibility index (Phi) is 4.97. The van der Waals surface area contributed by atoms with Crippen LogP contribution in [0.25, 0.3) is 0 Å². The molecule has 0 aliphatic rings. The molecule has 0 aromatic heterocycles. The standard InChI is InChI=1S/C11H17BrN2O2S/c1-13(2)11-6-4-10(5-7-11)8-14(3)17(15,16)9-12/h4-7H,8-9H2,1-3H3. The summed E-state index contributed by atoms with van der Waals surface area (Å²) in [6.07, 6.45) is 0. The monoisotopic (exact) mass is 320 g/mol. The predicted molar refractivity (Wildman–Crippen MR) is 74.9 cm³/mol. The number of hydrogen-bond donors (Lipinski definition) is 0. The van der Waals surface area contributed by atoms with E-state index >= 15 is 0 Å². The van der Waals surface area contributed by atoms with Crippen molar-refractivity contribution in [3.05, 3.63) is 29.8 Å². The summed E-state index contributed by atoms with van der Waals surface area (Å²) in [6, 6.07) is 7.83. The zero-order valence-corrected chi connectivity index (χ0v) is 12.6. The van der Waals surface area contributed by atoms with E-state index in [1.165, 1.54) is 4.31 Å². The largest absolute Gasteiger partial charge is 0.378 e. The van der Waals surface area contributed by atoms with E-state index in [2.05, 4.69) is 15.9 Å². The van der Waals surface area contributed by atoms with Gasteiger partial charge in [-0.15, -0.1) is 0 Å². The summed E-state index contributed by atoms with van der Waals surface area (Å²) >= 11 is 2.98. The van der Waals surface area contributed by atoms with Crippen molar-refractivity contribution >= 4 is 31.6 Å². The lowest BCUT2D eigenvalue weighted by molar-refractivity contribution is 0.471. The van der Waals surface area contributed by atoms with Crippen LogP contribution in [0.1, 0.15) is 5.56 Å². The molecule has 0 N–H and O–H groups in total. The number of alkyl halides is 1. The molecule has 0 spiro atoms. The number of benzene rings is 1. The summed E-state index contributed by atoms with van der Waals surface area (Å²) in [5, 5.41) is 0. The van der Waals surface area contributed by atoms with Gasteiger partial charge in [0.1, 0.15) is 4.66 Å². The van der Waals surface area contributed by atoms with Crippen molar-refractivity contribution in [2.75, 3.05) is 30.7 Å². The van der Waals surface area contributed by atoms with Crippen LogP contribution in [0.2, 0.25) is 0 Å². The van der Waals surface area contributed by atoms with Crippen LogP contribution in [0.5, 0.6) is 0 Å². The summed E-state index contributed by atoms with van der Waals surface area (Å²) in [6.45, 7) is 0.391. The van der Waals surface area contributed by atoms with Crippen LogP contribution in [0, 0.1) is 0 Å². The SMILES string of the molecule is CN(C)c1ccc(CN(C)S(=O)(=O)CBr)cc1. The summed E-state index contributed by atoms with van der Waals surface area (Å²) in [5.74, 6) is 0. The van der Waals surface area contributed by atoms with Gasteiger partial charge in [-0.1, -0.05) is 28.1 Å². The molecule has 6 heteroatoms. The summed E-state index contributed by atoms with van der Waals surface area (Å²) < 4.78 is 24.4. The zero-order chi connectivity index (χ0) is 13.1. The van der Waals surface area contributed by atoms with Gasteiger partial charge in [-0.25, -0.2) is 8.42 Å². The average molecular weight is 321 g/mol. The van der Waals surface area contributed by atoms with Gasteiger partial charge in [-0.05, 0) is 17.7 Å². The Morgan fingerprint density at radius 2 is 1.65 bits per heavy atom. The molecule has 96 valence electrons. The average Bonchev–Trinajstić information content (AvgIpc) is 2.29. The first-order valence-electron chi connectivity index (χ1n) is 5.13. The van der Waals surface area contributed by atoms with Crippen LogP contribution in [0.15, 0.2) is 24.3 Å². The van der Waals surface area contributed by atoms with Crippen molar-refractivity contribution < 1.29 is 8.42 Å². The second-order valence-corrected chi connectivity index (χ2v) is 7.42. The first-order chi connectivity index (χ1) is 7.86. The summed E-state index contributed by atoms with van der Waals surface area (Å²) in [7, 11) is 2.33. The minimum atomic E-state index is -3.18. The highest BCUT2D eigenvalue weighted by atomic mass is 79.9. The Morgan fingerprint density at radius 1 is 1.12 bits per heavy atom. The summed E-state index contributed by atoms with van der Waals surface area (Å²) in [4.78, 5) is 2.00. The number of anilines is 1. The van der Waals surface area contributed by atoms with Crippen LogP contribution in [0.3, 0.4) is 0 Å². The minimum Gasteiger partial charge on any atom is -0.378 e. The van der Waals surface area contributed by atoms with E-state index in [1.54, 1.807) is 7.05 Å². The van der Waals surface area contributed by atoms with Crippen LogP contribution in [-0.2, 0) is 16.6 Å². The number of sulfonamides is 1. The number of halogens is 1. The van der Waals surface area contributed by atoms with E-state index in [9.17, 15) is 8.42 Å². The highest BCUT2D eigenvalue weighted by molar-refractivity contribution is 9.10. The van der Waals surface area contributed by atoms with Crippen molar-refractivity contribution in [1.29, 1.82) is 0 Å². The second-order valence-electron chi connectivity index (χ2n) is 4.04. The normalized spacial score (nSPS) is 11.8. The van der Waals surface area contributed by atoms with Crippen molar-refractivity contribution in [3.63, 3.8) is 0 Å². The Balaban J connectivity index is 2.76. The van der Waals surface area contributed by atoms with Crippen molar-refractivity contribution in [1.82, 2.24) is 4.31 Å². The molecule has 0 atom stereocenters. The molecule has 1 aromatic rings. The van der Waals surface area contributed by atoms with E-state index in [4.69, 9.17) is 0 Å². The molecule has 1 aromatic carbocycles. The van der Waals surface area contributed by atoms with Gasteiger partial charge in [0, 0.05) is 33.4 Å². The van der Waals surface area contributed by atoms with Crippen molar-refractivity contribution in [3.8, 4) is 0 Å². The third kappa shape index (κ3) is 3.97. The third-order valence-electron chi connectivity index (χ3n) is 2.47. The maximum absolute atomic E-state index is 11.5. The maximum Gasteiger partial charge on any atom is 0.224 e. The molecular formula is C11H17BrN2O2S. The van der Waals surface area contributed by atoms with Gasteiger partial charge in [0.2, 0.25) is 10.0 Å². The molecule has 0 saturated carbocycles. The lowest BCUT2D eigenvalue weighted by Crippen LogP contribution is -2.27. The second kappa shape index (κ2) is 5.84. The van der Waals surface area contributed by atoms with Crippen molar-refractivity contribution in [2.45, 2.75) is 6.54 Å². The smallest absolute Gasteiger partial charge is 0.224 e. The fraction of sp³-hybridized carbons (Fsp3) is 0.455. The molecule has 17 heavy (non-hydrogen) atoms. The first-order valence-corrected chi connectivity index (χ1v) is 7.86. The van der Waals surface area contributed by atoms with Crippen molar-refractivity contribution in [2.24, 2.45) is 0 Å². The van der Waals surface area contributed by atoms with Crippen LogP contribution in [0.4, 0.5) is 5.69 Å². The van der Waals surface area contributed by atoms with Gasteiger partial charge in [0.25, 0.3) is 0 Å². The predicted octanol–water partition coefficient (Wildman–Crippen LogP) is 1.87. The lowest BCUT2D eigenvalue weighted by atomic mass is 10.2. The Morgan fingerprint density at radius 3 is 2.06 bits per heavy atom. The van der Waals surface area contributed by atoms with E-state index in [1.807, 2.05) is 43.3 Å². The highest BCUT2D eigenvalue weighted by Crippen LogP contribution is 2.14. The van der Waals surface area contributed by atoms with Gasteiger partial charge in [-0.2, -0.15) is 4.31 Å². The highest BCUT2D eigenvalue weighted by Gasteiger charge is 2.15. The molecule has 0 saturated heterocycles. The fourth-order valence-electron chi connectivity index (χ4n) is 1.34. The lowest BCUT2D eigenvalue weighted by Gasteiger charge is -2.17. The molecular weight excluding hydrogens is 304 g/mol. The van der Waals surface area contributed by atoms with Gasteiger partial charge < -0.3 is 4.90 Å². The number of rotatable bonds is 5. The quantitative estimate of drug-likeness (QED) is 0.778. The van der Waals surface area contributed by atoms with Crippen LogP contribution in [-0.4, -0.2) is 38.5 Å². The van der Waals surface area contributed by atoms with E-state index in [0.717, 1.165) is 11.3 Å². The molecule has 0 fully saturated rings. The first kappa shape index (κ1) is 14.5. The Labute approximate surface area is 111 Å². The minimum absolute atomic E-state index is 0.0493. The van der Waals surface area contributed by atoms with Gasteiger partial charge in [-0.3, -0.25) is 0 Å². The molecule has 4 nitrogen and oxygen atoms in total. The van der Waals surface area contributed by atoms with Gasteiger partial charge in [0.15, 0.2) is 0 Å². The molecule has 0 amide bonds. The third-order valence-corrected chi connectivity index (χ3v) is 5.56. The molecule has 1 rings (SSSR count). The van der Waals surface area contributed by atoms with Gasteiger partial charge in [0.05, 0.1) is 0 Å². The van der Waals surface area contributed by atoms with Crippen LogP contribution < -0.4 is 4.90 Å². The Bertz CT molecular complexity index is 457. The topological polar surface area (TPSA) is 40.6 Å². The summed E-state index contributed by atoms with van der Waals surface area (Å²) in [5.41, 5.74) is 2.07. The fourth-order valence-corrected chi connectivity index (χ4v) is 2.90. The number of nitrogens with zero attached hydrogens (tertiary/aromatic N) is 2. The molecule has 0 unspecified atom stereocenters. The molecule has 0 heterocycles. The van der Waals surface area contributed by atoms with Crippen LogP contribution >= 0.6 is 15.9 Å². The van der Waals surface area contributed by atoms with E-state index in [-0.39, 0.29) is 4.66 Å². The van der Waals surface area contributed by atoms with E-state index < -0.39 is 10.0 Å². The zero-order valence-electron chi connectivity index (χ0n) is 10.2. The van der Waals surface area contributed by atoms with Gasteiger partial charge >= 0.3 is 0 Å². The number of hydrogen-bond acceptors (Lipinski definition) is 3. The molecule has 0 radical (unpaired) electrons. The molecule has 0 aliphatic heterocycles. The molecule has 0 bridgehead atoms. The maximum atomic E-state index is 11.5.